The standard InChI is InChI=1S/C16H22N6O4S2.C9H12O.C2H6/c1-16(2)25-9(13(24)26-16)8-10(23)18-15-22-20-12(28-15)7-5-4-6-11-19-21-14(17-3)27-11;1-3-5-6-9(4-2)7-8-10;1-2/h9H,4-8H2,1-3H3,(H,17,21)(H,18,22,23);3-6,8H,2,7H2,1H3;1-2H3/b;5-3-,9-6+;. The Hall–Kier alpha value is -3.29. The van der Waals surface area contributed by atoms with E-state index < -0.39 is 17.9 Å². The minimum Gasteiger partial charge on any atom is -0.432 e. The van der Waals surface area contributed by atoms with Crippen molar-refractivity contribution in [1.82, 2.24) is 20.4 Å². The molecule has 1 aliphatic rings. The lowest BCUT2D eigenvalue weighted by atomic mass is 10.2. The fourth-order valence-corrected chi connectivity index (χ4v) is 4.67. The molecule has 40 heavy (non-hydrogen) atoms. The molecule has 0 spiro atoms. The van der Waals surface area contributed by atoms with Gasteiger partial charge in [0.15, 0.2) is 6.10 Å². The molecule has 0 aliphatic carbocycles. The average molecular weight is 593 g/mol. The van der Waals surface area contributed by atoms with Crippen LogP contribution in [-0.2, 0) is 36.7 Å². The number of hydrogen-bond acceptors (Lipinski definition) is 12. The van der Waals surface area contributed by atoms with Crippen molar-refractivity contribution in [3.05, 3.63) is 46.5 Å². The van der Waals surface area contributed by atoms with Crippen molar-refractivity contribution in [2.75, 3.05) is 17.7 Å². The summed E-state index contributed by atoms with van der Waals surface area (Å²) >= 11 is 2.88. The molecule has 1 unspecified atom stereocenters. The lowest BCUT2D eigenvalue weighted by Crippen LogP contribution is -2.26. The zero-order valence-electron chi connectivity index (χ0n) is 24.1. The van der Waals surface area contributed by atoms with Crippen LogP contribution in [0.15, 0.2) is 36.5 Å². The largest absolute Gasteiger partial charge is 0.432 e. The van der Waals surface area contributed by atoms with E-state index in [0.717, 1.165) is 52.7 Å². The summed E-state index contributed by atoms with van der Waals surface area (Å²) in [6.07, 6.45) is 11.2. The van der Waals surface area contributed by atoms with Gasteiger partial charge in [0.05, 0.1) is 6.42 Å². The van der Waals surface area contributed by atoms with Gasteiger partial charge in [-0.2, -0.15) is 0 Å². The third-order valence-corrected chi connectivity index (χ3v) is 6.81. The molecule has 0 radical (unpaired) electrons. The Balaban J connectivity index is 0.000000565. The minimum atomic E-state index is -0.999. The van der Waals surface area contributed by atoms with Crippen molar-refractivity contribution >= 4 is 51.1 Å². The summed E-state index contributed by atoms with van der Waals surface area (Å²) in [5, 5.41) is 24.9. The highest BCUT2D eigenvalue weighted by Gasteiger charge is 2.42. The molecule has 2 N–H and O–H groups in total. The minimum absolute atomic E-state index is 0.117. The van der Waals surface area contributed by atoms with Gasteiger partial charge in [0.25, 0.3) is 0 Å². The molecule has 0 saturated carbocycles. The number of esters is 1. The molecule has 2 aromatic heterocycles. The quantitative estimate of drug-likeness (QED) is 0.136. The highest BCUT2D eigenvalue weighted by atomic mass is 32.1. The highest BCUT2D eigenvalue weighted by molar-refractivity contribution is 7.15. The van der Waals surface area contributed by atoms with E-state index in [0.29, 0.717) is 11.6 Å². The summed E-state index contributed by atoms with van der Waals surface area (Å²) in [7, 11) is 1.82. The van der Waals surface area contributed by atoms with E-state index in [1.54, 1.807) is 31.3 Å². The van der Waals surface area contributed by atoms with E-state index in [-0.39, 0.29) is 12.3 Å². The van der Waals surface area contributed by atoms with Crippen LogP contribution in [0, 0.1) is 0 Å². The third-order valence-electron chi connectivity index (χ3n) is 4.92. The number of cyclic esters (lactones) is 1. The van der Waals surface area contributed by atoms with Gasteiger partial charge in [0, 0.05) is 40.2 Å². The Morgan fingerprint density at radius 3 is 2.15 bits per heavy atom. The molecular weight excluding hydrogens is 552 g/mol. The van der Waals surface area contributed by atoms with Gasteiger partial charge in [-0.15, -0.1) is 20.4 Å². The van der Waals surface area contributed by atoms with Crippen molar-refractivity contribution in [3.8, 4) is 0 Å². The third kappa shape index (κ3) is 13.2. The summed E-state index contributed by atoms with van der Waals surface area (Å²) in [5.74, 6) is -1.89. The van der Waals surface area contributed by atoms with E-state index in [1.165, 1.54) is 11.3 Å². The first-order chi connectivity index (χ1) is 19.2. The van der Waals surface area contributed by atoms with Crippen LogP contribution in [0.2, 0.25) is 0 Å². The summed E-state index contributed by atoms with van der Waals surface area (Å²) in [6, 6.07) is 0. The molecule has 1 aliphatic heterocycles. The predicted octanol–water partition coefficient (Wildman–Crippen LogP) is 5.29. The van der Waals surface area contributed by atoms with Gasteiger partial charge in [0.2, 0.25) is 22.0 Å². The van der Waals surface area contributed by atoms with Crippen LogP contribution in [0.1, 0.15) is 70.3 Å². The molecule has 220 valence electrons. The summed E-state index contributed by atoms with van der Waals surface area (Å²) in [6.45, 7) is 12.8. The number of rotatable bonds is 13. The molecule has 1 amide bonds. The summed E-state index contributed by atoms with van der Waals surface area (Å²) in [5.41, 5.74) is 0.952. The maximum Gasteiger partial charge on any atom is 0.338 e. The maximum absolute atomic E-state index is 12.1. The predicted molar refractivity (Wildman–Crippen MR) is 159 cm³/mol. The second kappa shape index (κ2) is 18.9. The zero-order chi connectivity index (χ0) is 30.0. The topological polar surface area (TPSA) is 145 Å². The SMILES string of the molecule is C=C/C(=C\C=C/C)CC=O.CC.CNc1nnc(CCCCc2nnc(NC(=O)CC3OC(C)(C)OC3=O)s2)s1. The number of nitrogens with zero attached hydrogens (tertiary/aromatic N) is 4. The normalized spacial score (nSPS) is 15.8. The fourth-order valence-electron chi connectivity index (χ4n) is 3.14. The van der Waals surface area contributed by atoms with Crippen LogP contribution in [0.3, 0.4) is 0 Å². The van der Waals surface area contributed by atoms with Crippen molar-refractivity contribution in [3.63, 3.8) is 0 Å². The van der Waals surface area contributed by atoms with E-state index >= 15 is 0 Å². The molecule has 3 rings (SSSR count). The Kier molecular flexibility index (Phi) is 16.4. The molecular formula is C27H40N6O5S2. The average Bonchev–Trinajstić information content (AvgIpc) is 3.64. The fraction of sp³-hybridized carbons (Fsp3) is 0.519. The zero-order valence-corrected chi connectivity index (χ0v) is 25.7. The maximum atomic E-state index is 12.1. The van der Waals surface area contributed by atoms with Gasteiger partial charge >= 0.3 is 5.97 Å². The number of anilines is 2. The lowest BCUT2D eigenvalue weighted by Gasteiger charge is -2.14. The first-order valence-corrected chi connectivity index (χ1v) is 14.7. The summed E-state index contributed by atoms with van der Waals surface area (Å²) in [4.78, 5) is 33.8. The van der Waals surface area contributed by atoms with Crippen LogP contribution in [-0.4, -0.2) is 57.5 Å². The Morgan fingerprint density at radius 2 is 1.68 bits per heavy atom. The van der Waals surface area contributed by atoms with Crippen molar-refractivity contribution in [2.24, 2.45) is 0 Å². The van der Waals surface area contributed by atoms with Gasteiger partial charge in [-0.1, -0.05) is 67.4 Å². The van der Waals surface area contributed by atoms with Crippen LogP contribution in [0.25, 0.3) is 0 Å². The second-order valence-electron chi connectivity index (χ2n) is 8.48. The number of carbonyl (C=O) groups excluding carboxylic acids is 3. The van der Waals surface area contributed by atoms with Crippen molar-refractivity contribution in [1.29, 1.82) is 0 Å². The number of aldehydes is 1. The van der Waals surface area contributed by atoms with Gasteiger partial charge in [-0.3, -0.25) is 4.79 Å². The molecule has 0 bridgehead atoms. The number of aromatic nitrogens is 4. The monoisotopic (exact) mass is 592 g/mol. The Bertz CT molecular complexity index is 1140. The number of ether oxygens (including phenoxy) is 2. The molecule has 0 aromatic carbocycles. The van der Waals surface area contributed by atoms with Crippen LogP contribution in [0.4, 0.5) is 10.3 Å². The van der Waals surface area contributed by atoms with E-state index in [4.69, 9.17) is 9.47 Å². The number of allylic oxidation sites excluding steroid dienone is 5. The van der Waals surface area contributed by atoms with Gasteiger partial charge in [0.1, 0.15) is 16.3 Å². The van der Waals surface area contributed by atoms with Crippen LogP contribution < -0.4 is 10.6 Å². The number of hydrogen-bond donors (Lipinski definition) is 2. The molecule has 1 atom stereocenters. The molecule has 13 heteroatoms. The van der Waals surface area contributed by atoms with Crippen LogP contribution >= 0.6 is 22.7 Å². The molecule has 11 nitrogen and oxygen atoms in total. The van der Waals surface area contributed by atoms with Gasteiger partial charge in [-0.25, -0.2) is 4.79 Å². The van der Waals surface area contributed by atoms with Crippen LogP contribution in [0.5, 0.6) is 0 Å². The van der Waals surface area contributed by atoms with Crippen molar-refractivity contribution in [2.45, 2.75) is 85.0 Å². The number of unbranched alkanes of at least 4 members (excludes halogenated alkanes) is 1. The van der Waals surface area contributed by atoms with Gasteiger partial charge < -0.3 is 24.9 Å². The van der Waals surface area contributed by atoms with E-state index in [2.05, 4.69) is 37.6 Å². The number of nitrogens with one attached hydrogen (secondary N) is 2. The smallest absolute Gasteiger partial charge is 0.338 e. The molecule has 1 fully saturated rings. The second-order valence-corrected chi connectivity index (χ2v) is 10.6. The molecule has 3 heterocycles. The summed E-state index contributed by atoms with van der Waals surface area (Å²) < 4.78 is 10.4. The van der Waals surface area contributed by atoms with E-state index in [1.807, 2.05) is 46.0 Å². The lowest BCUT2D eigenvalue weighted by molar-refractivity contribution is -0.160. The Labute approximate surface area is 244 Å². The highest BCUT2D eigenvalue weighted by Crippen LogP contribution is 2.26. The van der Waals surface area contributed by atoms with Gasteiger partial charge in [-0.05, 0) is 25.3 Å². The first kappa shape index (κ1) is 34.7. The number of carbonyl (C=O) groups is 3. The Morgan fingerprint density at radius 1 is 1.07 bits per heavy atom. The number of aryl methyl sites for hydroxylation is 2. The van der Waals surface area contributed by atoms with Crippen molar-refractivity contribution < 1.29 is 23.9 Å². The molecule has 2 aromatic rings. The molecule has 1 saturated heterocycles. The number of amides is 1. The van der Waals surface area contributed by atoms with E-state index in [9.17, 15) is 14.4 Å². The first-order valence-electron chi connectivity index (χ1n) is 13.1.